The summed E-state index contributed by atoms with van der Waals surface area (Å²) in [4.78, 5) is 13.1. The number of carbonyl (C=O) groups excluding carboxylic acids is 1. The molecule has 0 radical (unpaired) electrons. The largest absolute Gasteiger partial charge is 0.507 e. The number of phenolic OH excluding ortho intramolecular Hbond substituents is 3. The number of azo groups is 4. The molecule has 3 N–H and O–H groups in total. The van der Waals surface area contributed by atoms with Gasteiger partial charge in [-0.15, -0.1) is 0 Å². The van der Waals surface area contributed by atoms with Gasteiger partial charge in [0.05, 0.1) is 80.5 Å². The van der Waals surface area contributed by atoms with Crippen LogP contribution in [0, 0.1) is 0 Å². The first-order valence-corrected chi connectivity index (χ1v) is 24.7. The Kier molecular flexibility index (Phi) is 16.7. The SMILES string of the molecule is CCOC(=O)COc1c2cc(N=Nc3ccc(OC)cc3)cc1Cc1cc(N=Nc3ccc(OC)cc3)cc(c1O)Cc1cc(N=Nc3ccc(OC)cc3)cc(c1O)Cc1cc(N=Nc3ccc(OC)cc3)cc(c1O)C2. The van der Waals surface area contributed by atoms with Crippen LogP contribution in [0.1, 0.15) is 51.4 Å². The lowest BCUT2D eigenvalue weighted by Gasteiger charge is -2.20. The quantitative estimate of drug-likeness (QED) is 0.0612. The Bertz CT molecular complexity index is 3410. The van der Waals surface area contributed by atoms with E-state index in [9.17, 15) is 20.1 Å². The number of fused-ring (bicyclic) bond motifs is 8. The molecule has 0 aliphatic heterocycles. The zero-order valence-electron chi connectivity index (χ0n) is 43.4. The summed E-state index contributed by atoms with van der Waals surface area (Å²) in [6.45, 7) is 1.36. The fourth-order valence-corrected chi connectivity index (χ4v) is 8.66. The molecule has 0 saturated heterocycles. The normalized spacial score (nSPS) is 12.3. The van der Waals surface area contributed by atoms with Crippen molar-refractivity contribution >= 4 is 51.5 Å². The second kappa shape index (κ2) is 24.6. The monoisotopic (exact) mass is 1050 g/mol. The predicted molar refractivity (Wildman–Crippen MR) is 293 cm³/mol. The molecule has 0 aromatic heterocycles. The summed E-state index contributed by atoms with van der Waals surface area (Å²) in [6.07, 6.45) is -0.0856. The van der Waals surface area contributed by atoms with Crippen LogP contribution in [0.2, 0.25) is 0 Å². The first kappa shape index (κ1) is 52.9. The van der Waals surface area contributed by atoms with Crippen LogP contribution in [0.25, 0.3) is 0 Å². The van der Waals surface area contributed by atoms with E-state index in [2.05, 4.69) is 40.9 Å². The minimum Gasteiger partial charge on any atom is -0.507 e. The van der Waals surface area contributed by atoms with Gasteiger partial charge in [0.1, 0.15) is 46.0 Å². The number of nitrogens with zero attached hydrogens (tertiary/aromatic N) is 8. The zero-order valence-corrected chi connectivity index (χ0v) is 43.4. The summed E-state index contributed by atoms with van der Waals surface area (Å²) in [5.41, 5.74) is 6.99. The van der Waals surface area contributed by atoms with Gasteiger partial charge in [-0.2, -0.15) is 40.9 Å². The van der Waals surface area contributed by atoms with Gasteiger partial charge in [-0.25, -0.2) is 4.79 Å². The summed E-state index contributed by atoms with van der Waals surface area (Å²) in [5.74, 6) is 1.95. The molecule has 9 rings (SSSR count). The summed E-state index contributed by atoms with van der Waals surface area (Å²) < 4.78 is 33.1. The van der Waals surface area contributed by atoms with E-state index in [1.54, 1.807) is 181 Å². The molecule has 0 fully saturated rings. The third-order valence-electron chi connectivity index (χ3n) is 12.6. The van der Waals surface area contributed by atoms with Crippen molar-refractivity contribution < 1.29 is 48.5 Å². The highest BCUT2D eigenvalue weighted by atomic mass is 16.6. The van der Waals surface area contributed by atoms with E-state index in [1.165, 1.54) is 0 Å². The Hall–Kier alpha value is -9.97. The van der Waals surface area contributed by atoms with Gasteiger partial charge in [-0.05, 0) is 153 Å². The molecule has 0 heterocycles. The molecule has 1 aliphatic rings. The van der Waals surface area contributed by atoms with Crippen molar-refractivity contribution in [3.8, 4) is 46.0 Å². The topological polar surface area (TPSA) is 232 Å². The van der Waals surface area contributed by atoms with E-state index in [4.69, 9.17) is 28.4 Å². The molecule has 78 heavy (non-hydrogen) atoms. The van der Waals surface area contributed by atoms with E-state index >= 15 is 0 Å². The summed E-state index contributed by atoms with van der Waals surface area (Å²) in [7, 11) is 6.31. The molecule has 0 amide bonds. The van der Waals surface area contributed by atoms with Gasteiger partial charge >= 0.3 is 5.97 Å². The molecule has 1 aliphatic carbocycles. The molecule has 0 unspecified atom stereocenters. The van der Waals surface area contributed by atoms with Crippen LogP contribution >= 0.6 is 0 Å². The second-order valence-corrected chi connectivity index (χ2v) is 17.8. The number of benzene rings is 8. The van der Waals surface area contributed by atoms with Crippen molar-refractivity contribution in [2.75, 3.05) is 41.7 Å². The number of rotatable bonds is 16. The second-order valence-electron chi connectivity index (χ2n) is 17.8. The standard InChI is InChI=1S/C60H54N8O10/c1-6-77-56(69)35-78-60-42-25-40-31-49(66-62-45-9-17-53(74-3)18-10-45)29-38(58(40)71)23-36-27-48(65-61-44-7-15-52(73-2)16-8-44)28-37(57(36)70)24-39-30-50(67-63-46-11-19-54(75-4)20-12-46)32-41(59(39)72)26-43(60)34-51(33-42)68-64-47-13-21-55(76-5)22-14-47/h7-22,27-34,70-72H,6,23-26,35H2,1-5H3. The lowest BCUT2D eigenvalue weighted by molar-refractivity contribution is -0.145. The van der Waals surface area contributed by atoms with Crippen LogP contribution in [0.5, 0.6) is 46.0 Å². The minimum absolute atomic E-state index is 0.0114. The number of hydrogen-bond donors (Lipinski definition) is 3. The lowest BCUT2D eigenvalue weighted by atomic mass is 9.90. The van der Waals surface area contributed by atoms with Crippen molar-refractivity contribution in [1.29, 1.82) is 0 Å². The Labute approximate surface area is 449 Å². The molecule has 8 aromatic carbocycles. The Morgan fingerprint density at radius 1 is 0.372 bits per heavy atom. The van der Waals surface area contributed by atoms with E-state index in [0.717, 1.165) is 0 Å². The fourth-order valence-electron chi connectivity index (χ4n) is 8.66. The molecule has 0 atom stereocenters. The predicted octanol–water partition coefficient (Wildman–Crippen LogP) is 15.1. The summed E-state index contributed by atoms with van der Waals surface area (Å²) >= 11 is 0. The molecular formula is C60H54N8O10. The van der Waals surface area contributed by atoms with Gasteiger partial charge in [0.25, 0.3) is 0 Å². The van der Waals surface area contributed by atoms with E-state index in [0.29, 0.717) is 113 Å². The van der Waals surface area contributed by atoms with Gasteiger partial charge in [-0.3, -0.25) is 0 Å². The molecule has 18 heteroatoms. The Morgan fingerprint density at radius 3 is 0.846 bits per heavy atom. The highest BCUT2D eigenvalue weighted by molar-refractivity contribution is 5.72. The fraction of sp³-hybridized carbons (Fsp3) is 0.183. The highest BCUT2D eigenvalue weighted by Gasteiger charge is 2.24. The van der Waals surface area contributed by atoms with Crippen molar-refractivity contribution in [3.05, 3.63) is 190 Å². The average Bonchev–Trinajstić information content (AvgIpc) is 3.53. The molecule has 8 aromatic rings. The van der Waals surface area contributed by atoms with E-state index < -0.39 is 12.6 Å². The summed E-state index contributed by atoms with van der Waals surface area (Å²) in [6, 6.07) is 42.0. The zero-order chi connectivity index (χ0) is 54.5. The van der Waals surface area contributed by atoms with Crippen LogP contribution in [-0.2, 0) is 35.2 Å². The maximum atomic E-state index is 13.1. The van der Waals surface area contributed by atoms with Gasteiger partial charge < -0.3 is 43.7 Å². The third kappa shape index (κ3) is 13.1. The average molecular weight is 1050 g/mol. The van der Waals surface area contributed by atoms with E-state index in [-0.39, 0.29) is 55.3 Å². The van der Waals surface area contributed by atoms with E-state index in [1.807, 2.05) is 0 Å². The molecule has 18 nitrogen and oxygen atoms in total. The van der Waals surface area contributed by atoms with Gasteiger partial charge in [0.2, 0.25) is 0 Å². The maximum Gasteiger partial charge on any atom is 0.344 e. The maximum absolute atomic E-state index is 13.1. The number of phenols is 3. The minimum atomic E-state index is -0.610. The van der Waals surface area contributed by atoms with Crippen molar-refractivity contribution in [2.45, 2.75) is 32.6 Å². The van der Waals surface area contributed by atoms with Gasteiger partial charge in [0.15, 0.2) is 6.61 Å². The number of esters is 1. The van der Waals surface area contributed by atoms with Crippen molar-refractivity contribution in [2.24, 2.45) is 40.9 Å². The Morgan fingerprint density at radius 2 is 0.603 bits per heavy atom. The lowest BCUT2D eigenvalue weighted by Crippen LogP contribution is -2.16. The van der Waals surface area contributed by atoms with Crippen LogP contribution < -0.4 is 23.7 Å². The summed E-state index contributed by atoms with van der Waals surface area (Å²) in [5, 5.41) is 73.9. The first-order valence-electron chi connectivity index (χ1n) is 24.7. The number of aromatic hydroxyl groups is 3. The van der Waals surface area contributed by atoms with Crippen LogP contribution in [0.15, 0.2) is 187 Å². The smallest absolute Gasteiger partial charge is 0.344 e. The molecular weight excluding hydrogens is 993 g/mol. The number of hydrogen-bond acceptors (Lipinski definition) is 18. The van der Waals surface area contributed by atoms with Crippen LogP contribution in [0.3, 0.4) is 0 Å². The number of carbonyl (C=O) groups is 1. The number of methoxy groups -OCH3 is 4. The van der Waals surface area contributed by atoms with Crippen molar-refractivity contribution in [1.82, 2.24) is 0 Å². The van der Waals surface area contributed by atoms with Crippen LogP contribution in [-0.4, -0.2) is 62.9 Å². The van der Waals surface area contributed by atoms with Gasteiger partial charge in [-0.1, -0.05) is 0 Å². The van der Waals surface area contributed by atoms with Crippen molar-refractivity contribution in [3.63, 3.8) is 0 Å². The molecule has 0 saturated carbocycles. The number of ether oxygens (including phenoxy) is 6. The Balaban J connectivity index is 1.26. The first-order chi connectivity index (χ1) is 38.0. The molecule has 394 valence electrons. The molecule has 8 bridgehead atoms. The van der Waals surface area contributed by atoms with Crippen LogP contribution in [0.4, 0.5) is 45.5 Å². The van der Waals surface area contributed by atoms with Gasteiger partial charge in [0, 0.05) is 70.2 Å². The molecule has 0 spiro atoms. The third-order valence-corrected chi connectivity index (χ3v) is 12.6. The highest BCUT2D eigenvalue weighted by Crippen LogP contribution is 2.43.